The summed E-state index contributed by atoms with van der Waals surface area (Å²) in [5, 5.41) is 6.81. The molecule has 1 fully saturated rings. The van der Waals surface area contributed by atoms with Gasteiger partial charge in [0, 0.05) is 53.3 Å². The van der Waals surface area contributed by atoms with E-state index in [1.54, 1.807) is 7.11 Å². The Morgan fingerprint density at radius 3 is 2.38 bits per heavy atom. The minimum Gasteiger partial charge on any atom is -0.381 e. The van der Waals surface area contributed by atoms with Crippen LogP contribution in [0.15, 0.2) is 4.99 Å². The number of aliphatic imine (C=N–C) groups is 1. The molecule has 0 spiro atoms. The van der Waals surface area contributed by atoms with E-state index in [4.69, 9.17) is 9.47 Å². The van der Waals surface area contributed by atoms with Gasteiger partial charge in [0.05, 0.1) is 5.60 Å². The molecule has 1 saturated heterocycles. The number of guanidine groups is 1. The molecule has 0 amide bonds. The van der Waals surface area contributed by atoms with E-state index < -0.39 is 0 Å². The largest absolute Gasteiger partial charge is 0.381 e. The van der Waals surface area contributed by atoms with Crippen molar-refractivity contribution in [3.8, 4) is 0 Å². The third kappa shape index (κ3) is 10.0. The molecule has 6 heteroatoms. The van der Waals surface area contributed by atoms with Crippen LogP contribution in [0.3, 0.4) is 0 Å². The van der Waals surface area contributed by atoms with Gasteiger partial charge in [0.25, 0.3) is 0 Å². The van der Waals surface area contributed by atoms with E-state index >= 15 is 0 Å². The van der Waals surface area contributed by atoms with Gasteiger partial charge < -0.3 is 20.1 Å². The Labute approximate surface area is 165 Å². The van der Waals surface area contributed by atoms with Gasteiger partial charge in [-0.3, -0.25) is 4.99 Å². The summed E-state index contributed by atoms with van der Waals surface area (Å²) in [6.45, 7) is 7.89. The van der Waals surface area contributed by atoms with E-state index in [1.807, 2.05) is 7.05 Å². The van der Waals surface area contributed by atoms with Crippen LogP contribution in [-0.4, -0.2) is 52.0 Å². The zero-order valence-electron chi connectivity index (χ0n) is 16.0. The predicted octanol–water partition coefficient (Wildman–Crippen LogP) is 3.57. The zero-order valence-corrected chi connectivity index (χ0v) is 18.4. The van der Waals surface area contributed by atoms with Crippen LogP contribution in [0.25, 0.3) is 0 Å². The van der Waals surface area contributed by atoms with Crippen LogP contribution in [0.5, 0.6) is 0 Å². The van der Waals surface area contributed by atoms with Crippen molar-refractivity contribution in [2.24, 2.45) is 10.9 Å². The Bertz CT molecular complexity index is 332. The maximum Gasteiger partial charge on any atom is 0.191 e. The molecular weight excluding hydrogens is 417 g/mol. The molecule has 144 valence electrons. The third-order valence-corrected chi connectivity index (χ3v) is 4.64. The molecule has 0 radical (unpaired) electrons. The quantitative estimate of drug-likeness (QED) is 0.229. The molecular formula is C18H38IN3O2. The highest BCUT2D eigenvalue weighted by molar-refractivity contribution is 14.0. The number of hydrogen-bond acceptors (Lipinski definition) is 3. The van der Waals surface area contributed by atoms with E-state index in [0.717, 1.165) is 51.0 Å². The van der Waals surface area contributed by atoms with Gasteiger partial charge in [0.15, 0.2) is 5.96 Å². The maximum absolute atomic E-state index is 5.74. The van der Waals surface area contributed by atoms with E-state index in [0.29, 0.717) is 0 Å². The van der Waals surface area contributed by atoms with Gasteiger partial charge >= 0.3 is 0 Å². The van der Waals surface area contributed by atoms with Gasteiger partial charge in [-0.25, -0.2) is 0 Å². The van der Waals surface area contributed by atoms with Crippen molar-refractivity contribution in [3.05, 3.63) is 0 Å². The summed E-state index contributed by atoms with van der Waals surface area (Å²) in [4.78, 5) is 4.30. The molecule has 2 N–H and O–H groups in total. The Morgan fingerprint density at radius 1 is 1.12 bits per heavy atom. The zero-order chi connectivity index (χ0) is 17.0. The van der Waals surface area contributed by atoms with Crippen LogP contribution < -0.4 is 10.6 Å². The van der Waals surface area contributed by atoms with Crippen molar-refractivity contribution in [3.63, 3.8) is 0 Å². The van der Waals surface area contributed by atoms with Crippen molar-refractivity contribution in [1.82, 2.24) is 10.6 Å². The summed E-state index contributed by atoms with van der Waals surface area (Å²) in [6.07, 6.45) is 8.38. The average molecular weight is 455 g/mol. The highest BCUT2D eigenvalue weighted by atomic mass is 127. The topological polar surface area (TPSA) is 54.9 Å². The van der Waals surface area contributed by atoms with Crippen molar-refractivity contribution >= 4 is 29.9 Å². The molecule has 1 heterocycles. The lowest BCUT2D eigenvalue weighted by Gasteiger charge is -2.36. The van der Waals surface area contributed by atoms with Crippen molar-refractivity contribution in [2.75, 3.05) is 40.5 Å². The normalized spacial score (nSPS) is 17.5. The summed E-state index contributed by atoms with van der Waals surface area (Å²) < 4.78 is 11.2. The van der Waals surface area contributed by atoms with E-state index in [1.165, 1.54) is 32.1 Å². The molecule has 0 saturated carbocycles. The average Bonchev–Trinajstić information content (AvgIpc) is 2.57. The van der Waals surface area contributed by atoms with E-state index in [9.17, 15) is 0 Å². The molecule has 0 aromatic heterocycles. The van der Waals surface area contributed by atoms with E-state index in [-0.39, 0.29) is 29.6 Å². The highest BCUT2D eigenvalue weighted by Gasteiger charge is 2.32. The highest BCUT2D eigenvalue weighted by Crippen LogP contribution is 2.23. The molecule has 0 bridgehead atoms. The lowest BCUT2D eigenvalue weighted by atomic mass is 9.94. The number of nitrogens with zero attached hydrogens (tertiary/aromatic N) is 1. The smallest absolute Gasteiger partial charge is 0.191 e. The van der Waals surface area contributed by atoms with Gasteiger partial charge in [-0.15, -0.1) is 24.0 Å². The second-order valence-corrected chi connectivity index (χ2v) is 6.95. The Morgan fingerprint density at radius 2 is 1.79 bits per heavy atom. The Kier molecular flexibility index (Phi) is 14.1. The second kappa shape index (κ2) is 14.1. The van der Waals surface area contributed by atoms with Crippen molar-refractivity contribution in [2.45, 2.75) is 64.4 Å². The molecule has 0 aliphatic carbocycles. The number of halogens is 1. The van der Waals surface area contributed by atoms with Gasteiger partial charge in [0.2, 0.25) is 0 Å². The third-order valence-electron chi connectivity index (χ3n) is 4.64. The molecule has 1 aliphatic rings. The maximum atomic E-state index is 5.74. The van der Waals surface area contributed by atoms with Gasteiger partial charge in [-0.05, 0) is 12.3 Å². The standard InChI is InChI=1S/C18H37N3O2.HI/c1-16(2)9-7-5-6-8-12-20-17(19-3)21-15-18(22-4)10-13-23-14-11-18;/h16H,5-15H2,1-4H3,(H2,19,20,21);1H. The summed E-state index contributed by atoms with van der Waals surface area (Å²) in [7, 11) is 3.61. The van der Waals surface area contributed by atoms with Crippen molar-refractivity contribution < 1.29 is 9.47 Å². The minimum absolute atomic E-state index is 0. The second-order valence-electron chi connectivity index (χ2n) is 6.95. The van der Waals surface area contributed by atoms with E-state index in [2.05, 4.69) is 29.5 Å². The molecule has 0 unspecified atom stereocenters. The van der Waals surface area contributed by atoms with Crippen LogP contribution in [0.1, 0.15) is 58.8 Å². The predicted molar refractivity (Wildman–Crippen MR) is 112 cm³/mol. The number of nitrogens with one attached hydrogen (secondary N) is 2. The lowest BCUT2D eigenvalue weighted by Crippen LogP contribution is -2.50. The SMILES string of the molecule is CN=C(NCCCCCCC(C)C)NCC1(OC)CCOCC1.I. The number of ether oxygens (including phenoxy) is 2. The fourth-order valence-corrected chi connectivity index (χ4v) is 2.90. The summed E-state index contributed by atoms with van der Waals surface area (Å²) in [6, 6.07) is 0. The van der Waals surface area contributed by atoms with Gasteiger partial charge in [-0.2, -0.15) is 0 Å². The first kappa shape index (κ1) is 23.9. The van der Waals surface area contributed by atoms with Crippen LogP contribution >= 0.6 is 24.0 Å². The summed E-state index contributed by atoms with van der Waals surface area (Å²) in [5.74, 6) is 1.70. The molecule has 1 rings (SSSR count). The van der Waals surface area contributed by atoms with Crippen LogP contribution in [-0.2, 0) is 9.47 Å². The Balaban J connectivity index is 0.00000529. The first-order chi connectivity index (χ1) is 11.1. The van der Waals surface area contributed by atoms with Crippen molar-refractivity contribution in [1.29, 1.82) is 0 Å². The molecule has 1 aliphatic heterocycles. The fourth-order valence-electron chi connectivity index (χ4n) is 2.90. The van der Waals surface area contributed by atoms with Gasteiger partial charge in [-0.1, -0.05) is 39.5 Å². The minimum atomic E-state index is -0.118. The lowest BCUT2D eigenvalue weighted by molar-refractivity contribution is -0.0855. The number of rotatable bonds is 10. The first-order valence-electron chi connectivity index (χ1n) is 9.19. The fraction of sp³-hybridized carbons (Fsp3) is 0.944. The van der Waals surface area contributed by atoms with Crippen LogP contribution in [0.2, 0.25) is 0 Å². The molecule has 5 nitrogen and oxygen atoms in total. The Hall–Kier alpha value is -0.0800. The number of methoxy groups -OCH3 is 1. The van der Waals surface area contributed by atoms with Crippen LogP contribution in [0, 0.1) is 5.92 Å². The van der Waals surface area contributed by atoms with Gasteiger partial charge in [0.1, 0.15) is 0 Å². The number of unbranched alkanes of at least 4 members (excludes halogenated alkanes) is 3. The molecule has 0 atom stereocenters. The monoisotopic (exact) mass is 455 g/mol. The summed E-state index contributed by atoms with van der Waals surface area (Å²) >= 11 is 0. The molecule has 0 aromatic rings. The number of hydrogen-bond donors (Lipinski definition) is 2. The summed E-state index contributed by atoms with van der Waals surface area (Å²) in [5.41, 5.74) is -0.118. The molecule has 24 heavy (non-hydrogen) atoms. The van der Waals surface area contributed by atoms with Crippen LogP contribution in [0.4, 0.5) is 0 Å². The molecule has 0 aromatic carbocycles. The first-order valence-corrected chi connectivity index (χ1v) is 9.19.